The number of para-hydroxylation sites is 1. The summed E-state index contributed by atoms with van der Waals surface area (Å²) in [4.78, 5) is 4.25. The Morgan fingerprint density at radius 1 is 1.47 bits per heavy atom. The Morgan fingerprint density at radius 3 is 2.95 bits per heavy atom. The summed E-state index contributed by atoms with van der Waals surface area (Å²) in [6, 6.07) is 4.99. The third-order valence-electron chi connectivity index (χ3n) is 2.86. The number of methoxy groups -OCH3 is 1. The van der Waals surface area contributed by atoms with Crippen LogP contribution in [0.2, 0.25) is 0 Å². The number of phenolic OH excluding ortho intramolecular Hbond substituents is 1. The molecule has 0 aliphatic carbocycles. The van der Waals surface area contributed by atoms with Gasteiger partial charge < -0.3 is 20.1 Å². The molecule has 0 saturated heterocycles. The van der Waals surface area contributed by atoms with Crippen molar-refractivity contribution < 1.29 is 14.4 Å². The van der Waals surface area contributed by atoms with Crippen LogP contribution in [0.5, 0.6) is 5.75 Å². The summed E-state index contributed by atoms with van der Waals surface area (Å²) in [6.45, 7) is 2.05. The van der Waals surface area contributed by atoms with Gasteiger partial charge in [0.25, 0.3) is 5.89 Å². The van der Waals surface area contributed by atoms with Crippen LogP contribution < -0.4 is 5.73 Å². The van der Waals surface area contributed by atoms with Gasteiger partial charge in [-0.1, -0.05) is 24.6 Å². The Morgan fingerprint density at radius 2 is 2.26 bits per heavy atom. The van der Waals surface area contributed by atoms with E-state index in [0.717, 1.165) is 12.8 Å². The molecule has 1 aromatic carbocycles. The fraction of sp³-hybridized carbons (Fsp3) is 0.385. The van der Waals surface area contributed by atoms with Crippen molar-refractivity contribution in [3.05, 3.63) is 24.0 Å². The van der Waals surface area contributed by atoms with Crippen LogP contribution in [0.15, 0.2) is 22.7 Å². The van der Waals surface area contributed by atoms with Crippen molar-refractivity contribution in [3.63, 3.8) is 0 Å². The van der Waals surface area contributed by atoms with Crippen molar-refractivity contribution in [2.75, 3.05) is 12.8 Å². The van der Waals surface area contributed by atoms with Crippen LogP contribution >= 0.6 is 0 Å². The van der Waals surface area contributed by atoms with Crippen molar-refractivity contribution in [2.24, 2.45) is 0 Å². The topological polar surface area (TPSA) is 94.4 Å². The number of anilines is 1. The number of hydrogen-bond acceptors (Lipinski definition) is 6. The lowest BCUT2D eigenvalue weighted by Gasteiger charge is -2.08. The maximum atomic E-state index is 9.88. The third kappa shape index (κ3) is 2.68. The van der Waals surface area contributed by atoms with Crippen LogP contribution in [0.3, 0.4) is 0 Å². The number of nitrogens with two attached hydrogens (primary N) is 1. The van der Waals surface area contributed by atoms with Gasteiger partial charge in [-0.05, 0) is 18.6 Å². The quantitative estimate of drug-likeness (QED) is 0.635. The van der Waals surface area contributed by atoms with Crippen LogP contribution in [0.25, 0.3) is 11.5 Å². The standard InChI is InChI=1S/C13H17N3O3/c1-3-5-10(18-2)12-15-13(19-16-12)8-6-4-7-9(14)11(8)17/h4,6-7,10,17H,3,5,14H2,1-2H3. The van der Waals surface area contributed by atoms with Gasteiger partial charge in [-0.2, -0.15) is 4.98 Å². The molecule has 0 fully saturated rings. The fourth-order valence-electron chi connectivity index (χ4n) is 1.82. The molecule has 3 N–H and O–H groups in total. The number of hydrogen-bond donors (Lipinski definition) is 2. The fourth-order valence-corrected chi connectivity index (χ4v) is 1.82. The maximum absolute atomic E-state index is 9.88. The molecule has 1 heterocycles. The van der Waals surface area contributed by atoms with Crippen LogP contribution in [0.1, 0.15) is 31.7 Å². The van der Waals surface area contributed by atoms with Gasteiger partial charge in [0.05, 0.1) is 11.3 Å². The van der Waals surface area contributed by atoms with Gasteiger partial charge in [0.15, 0.2) is 5.75 Å². The molecule has 0 radical (unpaired) electrons. The summed E-state index contributed by atoms with van der Waals surface area (Å²) in [5, 5.41) is 13.8. The minimum Gasteiger partial charge on any atom is -0.505 e. The Hall–Kier alpha value is -2.08. The third-order valence-corrected chi connectivity index (χ3v) is 2.86. The summed E-state index contributed by atoms with van der Waals surface area (Å²) in [5.41, 5.74) is 6.33. The molecule has 0 amide bonds. The average molecular weight is 263 g/mol. The lowest BCUT2D eigenvalue weighted by molar-refractivity contribution is 0.0854. The second-order valence-electron chi connectivity index (χ2n) is 4.21. The summed E-state index contributed by atoms with van der Waals surface area (Å²) in [5.74, 6) is 0.654. The van der Waals surface area contributed by atoms with Crippen molar-refractivity contribution in [1.82, 2.24) is 10.1 Å². The molecule has 19 heavy (non-hydrogen) atoms. The van der Waals surface area contributed by atoms with Gasteiger partial charge in [0.1, 0.15) is 6.10 Å². The van der Waals surface area contributed by atoms with E-state index >= 15 is 0 Å². The molecule has 1 atom stereocenters. The Labute approximate surface area is 111 Å². The van der Waals surface area contributed by atoms with Gasteiger partial charge in [0.2, 0.25) is 5.82 Å². The first kappa shape index (κ1) is 13.4. The van der Waals surface area contributed by atoms with Crippen molar-refractivity contribution in [3.8, 4) is 17.2 Å². The lowest BCUT2D eigenvalue weighted by Crippen LogP contribution is -2.03. The molecule has 6 heteroatoms. The number of aromatic hydroxyl groups is 1. The van der Waals surface area contributed by atoms with E-state index in [0.29, 0.717) is 11.4 Å². The van der Waals surface area contributed by atoms with E-state index < -0.39 is 0 Å². The first-order chi connectivity index (χ1) is 9.17. The molecule has 2 aromatic rings. The zero-order valence-electron chi connectivity index (χ0n) is 11.0. The zero-order valence-corrected chi connectivity index (χ0v) is 11.0. The number of aromatic nitrogens is 2. The highest BCUT2D eigenvalue weighted by Crippen LogP contribution is 2.33. The number of nitrogens with zero attached hydrogens (tertiary/aromatic N) is 2. The monoisotopic (exact) mass is 263 g/mol. The maximum Gasteiger partial charge on any atom is 0.261 e. The Bertz CT molecular complexity index is 554. The van der Waals surface area contributed by atoms with Crippen LogP contribution in [0.4, 0.5) is 5.69 Å². The first-order valence-corrected chi connectivity index (χ1v) is 6.11. The second-order valence-corrected chi connectivity index (χ2v) is 4.21. The van der Waals surface area contributed by atoms with Crippen molar-refractivity contribution in [2.45, 2.75) is 25.9 Å². The highest BCUT2D eigenvalue weighted by molar-refractivity contribution is 5.71. The molecule has 0 bridgehead atoms. The summed E-state index contributed by atoms with van der Waals surface area (Å²) < 4.78 is 10.5. The summed E-state index contributed by atoms with van der Waals surface area (Å²) >= 11 is 0. The molecule has 102 valence electrons. The van der Waals surface area contributed by atoms with Crippen LogP contribution in [0, 0.1) is 0 Å². The van der Waals surface area contributed by atoms with Gasteiger partial charge in [-0.25, -0.2) is 0 Å². The number of rotatable bonds is 5. The molecule has 1 unspecified atom stereocenters. The first-order valence-electron chi connectivity index (χ1n) is 6.11. The molecule has 0 saturated carbocycles. The van der Waals surface area contributed by atoms with Gasteiger partial charge in [-0.15, -0.1) is 0 Å². The van der Waals surface area contributed by atoms with E-state index in [-0.39, 0.29) is 23.4 Å². The minimum absolute atomic E-state index is 0.0536. The SMILES string of the molecule is CCCC(OC)c1noc(-c2cccc(N)c2O)n1. The molecule has 6 nitrogen and oxygen atoms in total. The molecule has 1 aromatic heterocycles. The Balaban J connectivity index is 2.32. The van der Waals surface area contributed by atoms with E-state index in [1.54, 1.807) is 25.3 Å². The lowest BCUT2D eigenvalue weighted by atomic mass is 10.1. The van der Waals surface area contributed by atoms with Crippen molar-refractivity contribution in [1.29, 1.82) is 0 Å². The van der Waals surface area contributed by atoms with Gasteiger partial charge >= 0.3 is 0 Å². The predicted octanol–water partition coefficient (Wildman–Crippen LogP) is 2.51. The van der Waals surface area contributed by atoms with E-state index in [2.05, 4.69) is 17.1 Å². The highest BCUT2D eigenvalue weighted by Gasteiger charge is 2.19. The second kappa shape index (κ2) is 5.71. The number of nitrogen functional groups attached to an aromatic ring is 1. The smallest absolute Gasteiger partial charge is 0.261 e. The van der Waals surface area contributed by atoms with Gasteiger partial charge in [0, 0.05) is 7.11 Å². The number of phenols is 1. The van der Waals surface area contributed by atoms with Crippen LogP contribution in [-0.2, 0) is 4.74 Å². The highest BCUT2D eigenvalue weighted by atomic mass is 16.5. The average Bonchev–Trinajstić information content (AvgIpc) is 2.88. The molecular weight excluding hydrogens is 246 g/mol. The predicted molar refractivity (Wildman–Crippen MR) is 70.5 cm³/mol. The number of ether oxygens (including phenoxy) is 1. The normalized spacial score (nSPS) is 12.5. The molecule has 0 aliphatic rings. The van der Waals surface area contributed by atoms with E-state index in [1.165, 1.54) is 0 Å². The van der Waals surface area contributed by atoms with Crippen LogP contribution in [-0.4, -0.2) is 22.4 Å². The largest absolute Gasteiger partial charge is 0.505 e. The zero-order chi connectivity index (χ0) is 13.8. The number of benzene rings is 1. The summed E-state index contributed by atoms with van der Waals surface area (Å²) in [6.07, 6.45) is 1.55. The van der Waals surface area contributed by atoms with E-state index in [9.17, 15) is 5.11 Å². The Kier molecular flexibility index (Phi) is 4.01. The molecule has 0 aliphatic heterocycles. The summed E-state index contributed by atoms with van der Waals surface area (Å²) in [7, 11) is 1.61. The molecule has 0 spiro atoms. The van der Waals surface area contributed by atoms with E-state index in [4.69, 9.17) is 15.0 Å². The van der Waals surface area contributed by atoms with E-state index in [1.807, 2.05) is 0 Å². The minimum atomic E-state index is -0.203. The molecule has 2 rings (SSSR count). The molecular formula is C13H17N3O3. The van der Waals surface area contributed by atoms with Gasteiger partial charge in [-0.3, -0.25) is 0 Å². The van der Waals surface area contributed by atoms with Crippen molar-refractivity contribution >= 4 is 5.69 Å².